The van der Waals surface area contributed by atoms with E-state index < -0.39 is 0 Å². The van der Waals surface area contributed by atoms with Gasteiger partial charge in [0.2, 0.25) is 5.91 Å². The summed E-state index contributed by atoms with van der Waals surface area (Å²) in [7, 11) is 0. The molecule has 1 amide bonds. The molecule has 1 aromatic heterocycles. The maximum atomic E-state index is 13.8. The fraction of sp³-hybridized carbons (Fsp3) is 0.292. The number of nitrogens with one attached hydrogen (secondary N) is 1. The van der Waals surface area contributed by atoms with Gasteiger partial charge in [-0.15, -0.1) is 0 Å². The summed E-state index contributed by atoms with van der Waals surface area (Å²) < 4.78 is 13.8. The van der Waals surface area contributed by atoms with Gasteiger partial charge in [0.25, 0.3) is 0 Å². The van der Waals surface area contributed by atoms with Gasteiger partial charge >= 0.3 is 0 Å². The number of carbonyl (C=O) groups excluding carboxylic acids is 1. The number of rotatable bonds is 5. The molecule has 0 unspecified atom stereocenters. The summed E-state index contributed by atoms with van der Waals surface area (Å²) >= 11 is 1.57. The van der Waals surface area contributed by atoms with Gasteiger partial charge in [-0.1, -0.05) is 35.5 Å². The van der Waals surface area contributed by atoms with Crippen LogP contribution >= 0.6 is 11.8 Å². The zero-order valence-corrected chi connectivity index (χ0v) is 18.5. The lowest BCUT2D eigenvalue weighted by Crippen LogP contribution is -2.41. The fourth-order valence-electron chi connectivity index (χ4n) is 3.69. The second-order valence-corrected chi connectivity index (χ2v) is 8.85. The molecule has 1 fully saturated rings. The first kappa shape index (κ1) is 21.3. The number of aromatic nitrogens is 2. The Balaban J connectivity index is 1.49. The van der Waals surface area contributed by atoms with Gasteiger partial charge in [-0.25, -0.2) is 14.4 Å². The van der Waals surface area contributed by atoms with E-state index in [0.717, 1.165) is 35.1 Å². The van der Waals surface area contributed by atoms with Crippen LogP contribution in [0, 0.1) is 25.6 Å². The molecule has 1 aliphatic heterocycles. The third-order valence-corrected chi connectivity index (χ3v) is 6.49. The summed E-state index contributed by atoms with van der Waals surface area (Å²) in [6, 6.07) is 13.0. The Morgan fingerprint density at radius 2 is 1.90 bits per heavy atom. The van der Waals surface area contributed by atoms with Crippen molar-refractivity contribution in [1.29, 1.82) is 0 Å². The van der Waals surface area contributed by atoms with Crippen LogP contribution < -0.4 is 10.2 Å². The maximum absolute atomic E-state index is 13.8. The van der Waals surface area contributed by atoms with Crippen LogP contribution in [0.15, 0.2) is 64.8 Å². The van der Waals surface area contributed by atoms with Crippen LogP contribution in [0.4, 0.5) is 15.9 Å². The molecule has 1 N–H and O–H groups in total. The number of benzene rings is 2. The van der Waals surface area contributed by atoms with Gasteiger partial charge in [0.15, 0.2) is 5.82 Å². The summed E-state index contributed by atoms with van der Waals surface area (Å²) in [5.74, 6) is 0.193. The summed E-state index contributed by atoms with van der Waals surface area (Å²) in [4.78, 5) is 25.3. The number of amides is 1. The van der Waals surface area contributed by atoms with Crippen molar-refractivity contribution < 1.29 is 9.18 Å². The molecule has 0 aliphatic carbocycles. The minimum absolute atomic E-state index is 0.0879. The highest BCUT2D eigenvalue weighted by atomic mass is 32.2. The molecular formula is C24H25FN4OS. The molecule has 5 nitrogen and oxygen atoms in total. The number of halogens is 1. The number of piperidine rings is 1. The van der Waals surface area contributed by atoms with Crippen molar-refractivity contribution in [2.45, 2.75) is 36.6 Å². The average Bonchev–Trinajstić information content (AvgIpc) is 2.79. The normalized spacial score (nSPS) is 16.2. The second kappa shape index (κ2) is 9.47. The molecule has 0 spiro atoms. The highest BCUT2D eigenvalue weighted by molar-refractivity contribution is 7.99. The van der Waals surface area contributed by atoms with Gasteiger partial charge < -0.3 is 10.2 Å². The Kier molecular flexibility index (Phi) is 6.51. The van der Waals surface area contributed by atoms with Crippen molar-refractivity contribution in [2.75, 3.05) is 23.3 Å². The van der Waals surface area contributed by atoms with Crippen molar-refractivity contribution in [3.05, 3.63) is 71.8 Å². The summed E-state index contributed by atoms with van der Waals surface area (Å²) in [6.07, 6.45) is 5.05. The SMILES string of the molecule is Cc1ccc(Sc2nccnc2N2CCC[C@H](C(=O)Nc3cccc(F)c3C)C2)cc1. The Morgan fingerprint density at radius 3 is 2.71 bits per heavy atom. The molecule has 0 radical (unpaired) electrons. The quantitative estimate of drug-likeness (QED) is 0.593. The topological polar surface area (TPSA) is 58.1 Å². The maximum Gasteiger partial charge on any atom is 0.229 e. The number of anilines is 2. The van der Waals surface area contributed by atoms with Crippen LogP contribution in [0.1, 0.15) is 24.0 Å². The number of nitrogens with zero attached hydrogens (tertiary/aromatic N) is 3. The highest BCUT2D eigenvalue weighted by Crippen LogP contribution is 2.34. The van der Waals surface area contributed by atoms with Crippen molar-refractivity contribution in [3.63, 3.8) is 0 Å². The molecule has 3 aromatic rings. The number of aryl methyl sites for hydroxylation is 1. The van der Waals surface area contributed by atoms with Crippen molar-refractivity contribution in [1.82, 2.24) is 9.97 Å². The minimum atomic E-state index is -0.319. The van der Waals surface area contributed by atoms with E-state index in [0.29, 0.717) is 17.8 Å². The van der Waals surface area contributed by atoms with Crippen molar-refractivity contribution >= 4 is 29.2 Å². The largest absolute Gasteiger partial charge is 0.354 e. The lowest BCUT2D eigenvalue weighted by molar-refractivity contribution is -0.120. The summed E-state index contributed by atoms with van der Waals surface area (Å²) in [5, 5.41) is 3.73. The molecule has 0 saturated carbocycles. The Bertz CT molecular complexity index is 1070. The van der Waals surface area contributed by atoms with Gasteiger partial charge in [-0.05, 0) is 51.0 Å². The lowest BCUT2D eigenvalue weighted by atomic mass is 9.97. The number of hydrogen-bond donors (Lipinski definition) is 1. The van der Waals surface area contributed by atoms with E-state index in [1.807, 2.05) is 0 Å². The van der Waals surface area contributed by atoms with Crippen LogP contribution in [-0.4, -0.2) is 29.0 Å². The Hall–Kier alpha value is -2.93. The van der Waals surface area contributed by atoms with E-state index in [4.69, 9.17) is 0 Å². The van der Waals surface area contributed by atoms with Crippen LogP contribution in [0.25, 0.3) is 0 Å². The zero-order chi connectivity index (χ0) is 21.8. The monoisotopic (exact) mass is 436 g/mol. The first-order valence-electron chi connectivity index (χ1n) is 10.4. The molecule has 160 valence electrons. The summed E-state index contributed by atoms with van der Waals surface area (Å²) in [6.45, 7) is 5.11. The minimum Gasteiger partial charge on any atom is -0.354 e. The second-order valence-electron chi connectivity index (χ2n) is 7.79. The molecule has 4 rings (SSSR count). The Labute approximate surface area is 186 Å². The van der Waals surface area contributed by atoms with Crippen LogP contribution in [0.5, 0.6) is 0 Å². The van der Waals surface area contributed by atoms with E-state index >= 15 is 0 Å². The molecule has 0 bridgehead atoms. The average molecular weight is 437 g/mol. The molecule has 1 saturated heterocycles. The lowest BCUT2D eigenvalue weighted by Gasteiger charge is -2.33. The zero-order valence-electron chi connectivity index (χ0n) is 17.6. The third-order valence-electron chi connectivity index (χ3n) is 5.50. The molecule has 31 heavy (non-hydrogen) atoms. The first-order chi connectivity index (χ1) is 15.0. The van der Waals surface area contributed by atoms with E-state index in [9.17, 15) is 9.18 Å². The van der Waals surface area contributed by atoms with Gasteiger partial charge in [0, 0.05) is 41.6 Å². The molecule has 1 atom stereocenters. The van der Waals surface area contributed by atoms with Crippen LogP contribution in [0.2, 0.25) is 0 Å². The first-order valence-corrected chi connectivity index (χ1v) is 11.2. The third kappa shape index (κ3) is 5.05. The molecule has 2 heterocycles. The van der Waals surface area contributed by atoms with E-state index in [1.54, 1.807) is 43.2 Å². The fourth-order valence-corrected chi connectivity index (χ4v) is 4.57. The predicted octanol–water partition coefficient (Wildman–Crippen LogP) is 5.24. The van der Waals surface area contributed by atoms with E-state index in [2.05, 4.69) is 51.4 Å². The van der Waals surface area contributed by atoms with Crippen molar-refractivity contribution in [2.24, 2.45) is 5.92 Å². The van der Waals surface area contributed by atoms with Gasteiger partial charge in [-0.2, -0.15) is 0 Å². The van der Waals surface area contributed by atoms with E-state index in [-0.39, 0.29) is 17.6 Å². The molecular weight excluding hydrogens is 411 g/mol. The highest BCUT2D eigenvalue weighted by Gasteiger charge is 2.28. The predicted molar refractivity (Wildman–Crippen MR) is 122 cm³/mol. The summed E-state index contributed by atoms with van der Waals surface area (Å²) in [5.41, 5.74) is 2.19. The standard InChI is InChI=1S/C24H25FN4OS/c1-16-8-10-19(11-9-16)31-24-22(26-12-13-27-24)29-14-4-5-18(15-29)23(30)28-21-7-3-6-20(25)17(21)2/h3,6-13,18H,4-5,14-15H2,1-2H3,(H,28,30)/t18-/m0/s1. The molecule has 1 aliphatic rings. The van der Waals surface area contributed by atoms with Gasteiger partial charge in [-0.3, -0.25) is 4.79 Å². The smallest absolute Gasteiger partial charge is 0.229 e. The van der Waals surface area contributed by atoms with Crippen LogP contribution in [0.3, 0.4) is 0 Å². The Morgan fingerprint density at radius 1 is 1.13 bits per heavy atom. The van der Waals surface area contributed by atoms with Gasteiger partial charge in [0.1, 0.15) is 10.8 Å². The molecule has 7 heteroatoms. The molecule has 2 aromatic carbocycles. The van der Waals surface area contributed by atoms with Gasteiger partial charge in [0.05, 0.1) is 5.92 Å². The van der Waals surface area contributed by atoms with Crippen molar-refractivity contribution in [3.8, 4) is 0 Å². The van der Waals surface area contributed by atoms with E-state index in [1.165, 1.54) is 11.6 Å². The van der Waals surface area contributed by atoms with Crippen LogP contribution in [-0.2, 0) is 4.79 Å². The number of carbonyl (C=O) groups is 1. The number of hydrogen-bond acceptors (Lipinski definition) is 5.